The predicted molar refractivity (Wildman–Crippen MR) is 56.3 cm³/mol. The smallest absolute Gasteiger partial charge is 0.114 e. The molecule has 0 saturated heterocycles. The lowest BCUT2D eigenvalue weighted by molar-refractivity contribution is 0.0893. The van der Waals surface area contributed by atoms with Crippen LogP contribution in [0.5, 0.6) is 0 Å². The normalized spacial score (nSPS) is 16.4. The van der Waals surface area contributed by atoms with E-state index in [1.165, 1.54) is 0 Å². The lowest BCUT2D eigenvalue weighted by Gasteiger charge is -2.14. The minimum atomic E-state index is 0.212. The molecule has 0 amide bonds. The fraction of sp³-hybridized carbons (Fsp3) is 1.00. The van der Waals surface area contributed by atoms with Gasteiger partial charge in [-0.15, -0.1) is 0 Å². The Morgan fingerprint density at radius 1 is 1.00 bits per heavy atom. The Kier molecular flexibility index (Phi) is 8.20. The second-order valence-electron chi connectivity index (χ2n) is 2.53. The maximum absolute atomic E-state index is 5.56. The molecule has 0 aliphatic carbocycles. The standard InChI is InChI=1S/C8H16Br2O/c1-3-5-7(9)11-8(10)6-4-2/h7-8H,3-6H2,1-2H3. The molecule has 0 aliphatic rings. The van der Waals surface area contributed by atoms with Crippen LogP contribution in [0, 0.1) is 0 Å². The highest BCUT2D eigenvalue weighted by Crippen LogP contribution is 2.18. The number of rotatable bonds is 6. The van der Waals surface area contributed by atoms with E-state index in [-0.39, 0.29) is 10.0 Å². The second kappa shape index (κ2) is 7.56. The van der Waals surface area contributed by atoms with E-state index < -0.39 is 0 Å². The third kappa shape index (κ3) is 7.29. The van der Waals surface area contributed by atoms with Gasteiger partial charge in [0, 0.05) is 0 Å². The van der Waals surface area contributed by atoms with Gasteiger partial charge in [0.2, 0.25) is 0 Å². The molecule has 0 radical (unpaired) electrons. The summed E-state index contributed by atoms with van der Waals surface area (Å²) in [5.74, 6) is 0. The molecule has 3 heteroatoms. The molecule has 0 bridgehead atoms. The molecule has 2 unspecified atom stereocenters. The van der Waals surface area contributed by atoms with Crippen molar-refractivity contribution in [2.24, 2.45) is 0 Å². The molecule has 0 rings (SSSR count). The maximum Gasteiger partial charge on any atom is 0.114 e. The maximum atomic E-state index is 5.56. The molecule has 11 heavy (non-hydrogen) atoms. The van der Waals surface area contributed by atoms with E-state index in [2.05, 4.69) is 45.7 Å². The van der Waals surface area contributed by atoms with Crippen molar-refractivity contribution in [2.75, 3.05) is 0 Å². The Balaban J connectivity index is 3.32. The Bertz CT molecular complexity index is 78.2. The van der Waals surface area contributed by atoms with Crippen LogP contribution in [0.25, 0.3) is 0 Å². The lowest BCUT2D eigenvalue weighted by atomic mass is 10.3. The minimum Gasteiger partial charge on any atom is -0.353 e. The highest BCUT2D eigenvalue weighted by atomic mass is 79.9. The van der Waals surface area contributed by atoms with E-state index in [9.17, 15) is 0 Å². The van der Waals surface area contributed by atoms with Gasteiger partial charge < -0.3 is 4.74 Å². The summed E-state index contributed by atoms with van der Waals surface area (Å²) in [7, 11) is 0. The Morgan fingerprint density at radius 3 is 1.64 bits per heavy atom. The fourth-order valence-electron chi connectivity index (χ4n) is 0.750. The van der Waals surface area contributed by atoms with Gasteiger partial charge in [0.1, 0.15) is 10.0 Å². The molecule has 0 heterocycles. The van der Waals surface area contributed by atoms with E-state index >= 15 is 0 Å². The SMILES string of the molecule is CCCC(Br)OC(Br)CCC. The van der Waals surface area contributed by atoms with Crippen LogP contribution in [0.4, 0.5) is 0 Å². The first-order valence-corrected chi connectivity index (χ1v) is 5.97. The topological polar surface area (TPSA) is 9.23 Å². The van der Waals surface area contributed by atoms with Crippen LogP contribution in [-0.2, 0) is 4.74 Å². The zero-order valence-corrected chi connectivity index (χ0v) is 10.3. The third-order valence-electron chi connectivity index (χ3n) is 1.33. The van der Waals surface area contributed by atoms with Crippen molar-refractivity contribution in [1.29, 1.82) is 0 Å². The summed E-state index contributed by atoms with van der Waals surface area (Å²) >= 11 is 6.91. The molecular formula is C8H16Br2O. The van der Waals surface area contributed by atoms with Crippen molar-refractivity contribution in [1.82, 2.24) is 0 Å². The number of hydrogen-bond donors (Lipinski definition) is 0. The molecule has 0 aromatic heterocycles. The molecule has 0 aromatic rings. The molecule has 0 spiro atoms. The largest absolute Gasteiger partial charge is 0.353 e. The van der Waals surface area contributed by atoms with Crippen molar-refractivity contribution in [2.45, 2.75) is 49.6 Å². The number of ether oxygens (including phenoxy) is 1. The number of alkyl halides is 2. The molecule has 1 nitrogen and oxygen atoms in total. The van der Waals surface area contributed by atoms with Gasteiger partial charge in [0.25, 0.3) is 0 Å². The molecular weight excluding hydrogens is 272 g/mol. The van der Waals surface area contributed by atoms with Crippen molar-refractivity contribution in [3.63, 3.8) is 0 Å². The van der Waals surface area contributed by atoms with Gasteiger partial charge in [-0.25, -0.2) is 0 Å². The first kappa shape index (κ1) is 11.9. The quantitative estimate of drug-likeness (QED) is 0.670. The van der Waals surface area contributed by atoms with Crippen LogP contribution in [0.1, 0.15) is 39.5 Å². The van der Waals surface area contributed by atoms with Gasteiger partial charge in [-0.2, -0.15) is 0 Å². The second-order valence-corrected chi connectivity index (χ2v) is 4.58. The third-order valence-corrected chi connectivity index (χ3v) is 2.67. The van der Waals surface area contributed by atoms with E-state index in [0.29, 0.717) is 0 Å². The van der Waals surface area contributed by atoms with Crippen LogP contribution >= 0.6 is 31.9 Å². The molecule has 0 aliphatic heterocycles. The Labute approximate surface area is 86.1 Å². The zero-order valence-electron chi connectivity index (χ0n) is 7.15. The Morgan fingerprint density at radius 2 is 1.36 bits per heavy atom. The van der Waals surface area contributed by atoms with Gasteiger partial charge in [0.15, 0.2) is 0 Å². The summed E-state index contributed by atoms with van der Waals surface area (Å²) in [6.07, 6.45) is 4.46. The number of halogens is 2. The van der Waals surface area contributed by atoms with Crippen LogP contribution < -0.4 is 0 Å². The first-order valence-electron chi connectivity index (χ1n) is 4.14. The molecule has 0 saturated carbocycles. The molecule has 0 fully saturated rings. The van der Waals surface area contributed by atoms with Gasteiger partial charge in [-0.1, -0.05) is 58.5 Å². The summed E-state index contributed by atoms with van der Waals surface area (Å²) in [6.45, 7) is 4.31. The van der Waals surface area contributed by atoms with Gasteiger partial charge in [-0.3, -0.25) is 0 Å². The van der Waals surface area contributed by atoms with Gasteiger partial charge >= 0.3 is 0 Å². The average molecular weight is 288 g/mol. The van der Waals surface area contributed by atoms with Crippen LogP contribution in [-0.4, -0.2) is 10.0 Å². The van der Waals surface area contributed by atoms with Crippen LogP contribution in [0.15, 0.2) is 0 Å². The van der Waals surface area contributed by atoms with E-state index in [1.54, 1.807) is 0 Å². The number of hydrogen-bond acceptors (Lipinski definition) is 1. The Hall–Kier alpha value is 0.920. The van der Waals surface area contributed by atoms with E-state index in [4.69, 9.17) is 4.74 Å². The van der Waals surface area contributed by atoms with Crippen molar-refractivity contribution in [3.8, 4) is 0 Å². The van der Waals surface area contributed by atoms with Crippen LogP contribution in [0.2, 0.25) is 0 Å². The fourth-order valence-corrected chi connectivity index (χ4v) is 2.48. The highest BCUT2D eigenvalue weighted by molar-refractivity contribution is 9.10. The summed E-state index contributed by atoms with van der Waals surface area (Å²) < 4.78 is 5.56. The van der Waals surface area contributed by atoms with E-state index in [0.717, 1.165) is 25.7 Å². The molecule has 0 N–H and O–H groups in total. The molecule has 68 valence electrons. The average Bonchev–Trinajstić information content (AvgIpc) is 1.87. The monoisotopic (exact) mass is 286 g/mol. The van der Waals surface area contributed by atoms with Crippen molar-refractivity contribution < 1.29 is 4.74 Å². The summed E-state index contributed by atoms with van der Waals surface area (Å²) in [5.41, 5.74) is 0. The van der Waals surface area contributed by atoms with Gasteiger partial charge in [-0.05, 0) is 12.8 Å². The van der Waals surface area contributed by atoms with Gasteiger partial charge in [0.05, 0.1) is 0 Å². The highest BCUT2D eigenvalue weighted by Gasteiger charge is 2.08. The summed E-state index contributed by atoms with van der Waals surface area (Å²) in [4.78, 5) is 0. The predicted octanol–water partition coefficient (Wildman–Crippen LogP) is 4.05. The van der Waals surface area contributed by atoms with Crippen molar-refractivity contribution in [3.05, 3.63) is 0 Å². The molecule has 2 atom stereocenters. The molecule has 0 aromatic carbocycles. The summed E-state index contributed by atoms with van der Waals surface area (Å²) in [5, 5.41) is 0.423. The van der Waals surface area contributed by atoms with E-state index in [1.807, 2.05) is 0 Å². The summed E-state index contributed by atoms with van der Waals surface area (Å²) in [6, 6.07) is 0. The minimum absolute atomic E-state index is 0.212. The first-order chi connectivity index (χ1) is 5.20. The lowest BCUT2D eigenvalue weighted by Crippen LogP contribution is -2.11. The van der Waals surface area contributed by atoms with Crippen molar-refractivity contribution >= 4 is 31.9 Å². The zero-order chi connectivity index (χ0) is 8.69. The van der Waals surface area contributed by atoms with Crippen LogP contribution in [0.3, 0.4) is 0 Å².